The Labute approximate surface area is 143 Å². The number of oxime groups is 1. The van der Waals surface area contributed by atoms with E-state index in [1.54, 1.807) is 12.1 Å². The maximum Gasteiger partial charge on any atom is 0.342 e. The quantitative estimate of drug-likeness (QED) is 0.366. The summed E-state index contributed by atoms with van der Waals surface area (Å²) in [6.07, 6.45) is 0. The van der Waals surface area contributed by atoms with Gasteiger partial charge in [-0.3, -0.25) is 0 Å². The fourth-order valence-corrected chi connectivity index (χ4v) is 2.02. The molecule has 2 rings (SSSR count). The lowest BCUT2D eigenvalue weighted by Crippen LogP contribution is -2.11. The molecule has 0 radical (unpaired) electrons. The van der Waals surface area contributed by atoms with Gasteiger partial charge in [-0.05, 0) is 13.0 Å². The van der Waals surface area contributed by atoms with Gasteiger partial charge in [0.15, 0.2) is 0 Å². The van der Waals surface area contributed by atoms with E-state index in [9.17, 15) is 4.79 Å². The number of benzene rings is 1. The SMILES string of the molecule is COC(=O)c1c(Oc2nc(OC)cc(OC)n2)cccc1C(C)=NO. The molecule has 0 aliphatic rings. The predicted octanol–water partition coefficient (Wildman–Crippen LogP) is 2.27. The van der Waals surface area contributed by atoms with Crippen LogP contribution in [0.25, 0.3) is 0 Å². The summed E-state index contributed by atoms with van der Waals surface area (Å²) in [5.41, 5.74) is 0.641. The summed E-state index contributed by atoms with van der Waals surface area (Å²) >= 11 is 0. The third-order valence-corrected chi connectivity index (χ3v) is 3.23. The van der Waals surface area contributed by atoms with Crippen LogP contribution in [-0.2, 0) is 4.74 Å². The highest BCUT2D eigenvalue weighted by molar-refractivity contribution is 6.09. The van der Waals surface area contributed by atoms with E-state index in [1.165, 1.54) is 40.4 Å². The molecule has 1 heterocycles. The number of esters is 1. The molecular weight excluding hydrogens is 330 g/mol. The molecule has 0 unspecified atom stereocenters. The third-order valence-electron chi connectivity index (χ3n) is 3.23. The van der Waals surface area contributed by atoms with Gasteiger partial charge in [-0.1, -0.05) is 17.3 Å². The van der Waals surface area contributed by atoms with Crippen LogP contribution < -0.4 is 14.2 Å². The average molecular weight is 347 g/mol. The van der Waals surface area contributed by atoms with E-state index >= 15 is 0 Å². The summed E-state index contributed by atoms with van der Waals surface area (Å²) in [7, 11) is 4.11. The Balaban J connectivity index is 2.54. The van der Waals surface area contributed by atoms with Gasteiger partial charge in [0.1, 0.15) is 11.3 Å². The van der Waals surface area contributed by atoms with Gasteiger partial charge in [0.2, 0.25) is 11.8 Å². The van der Waals surface area contributed by atoms with Crippen LogP contribution in [0.2, 0.25) is 0 Å². The summed E-state index contributed by atoms with van der Waals surface area (Å²) in [6, 6.07) is 6.16. The van der Waals surface area contributed by atoms with Crippen LogP contribution in [0.5, 0.6) is 23.5 Å². The fraction of sp³-hybridized carbons (Fsp3) is 0.250. The van der Waals surface area contributed by atoms with Gasteiger partial charge in [0.05, 0.1) is 33.1 Å². The smallest absolute Gasteiger partial charge is 0.342 e. The van der Waals surface area contributed by atoms with Crippen molar-refractivity contribution >= 4 is 11.7 Å². The molecule has 132 valence electrons. The minimum Gasteiger partial charge on any atom is -0.481 e. The summed E-state index contributed by atoms with van der Waals surface area (Å²) < 4.78 is 20.5. The van der Waals surface area contributed by atoms with Gasteiger partial charge in [0, 0.05) is 5.56 Å². The van der Waals surface area contributed by atoms with Crippen LogP contribution in [0.1, 0.15) is 22.8 Å². The number of carbonyl (C=O) groups is 1. The first-order valence-electron chi connectivity index (χ1n) is 7.09. The van der Waals surface area contributed by atoms with Crippen molar-refractivity contribution in [3.8, 4) is 23.5 Å². The van der Waals surface area contributed by atoms with Gasteiger partial charge in [-0.15, -0.1) is 0 Å². The maximum atomic E-state index is 12.2. The molecule has 0 bridgehead atoms. The predicted molar refractivity (Wildman–Crippen MR) is 87.0 cm³/mol. The third kappa shape index (κ3) is 3.94. The number of nitrogens with zero attached hydrogens (tertiary/aromatic N) is 3. The molecule has 1 aromatic heterocycles. The van der Waals surface area contributed by atoms with Crippen LogP contribution in [0.15, 0.2) is 29.4 Å². The van der Waals surface area contributed by atoms with Crippen molar-refractivity contribution < 1.29 is 28.9 Å². The average Bonchev–Trinajstić information content (AvgIpc) is 2.66. The number of hydrogen-bond acceptors (Lipinski definition) is 9. The lowest BCUT2D eigenvalue weighted by molar-refractivity contribution is 0.0597. The summed E-state index contributed by atoms with van der Waals surface area (Å²) in [5.74, 6) is -0.0810. The van der Waals surface area contributed by atoms with Crippen molar-refractivity contribution in [2.24, 2.45) is 5.16 Å². The molecule has 2 aromatic rings. The van der Waals surface area contributed by atoms with Crippen molar-refractivity contribution in [1.29, 1.82) is 0 Å². The molecule has 0 saturated carbocycles. The highest BCUT2D eigenvalue weighted by Crippen LogP contribution is 2.29. The number of methoxy groups -OCH3 is 3. The number of hydrogen-bond donors (Lipinski definition) is 1. The molecule has 9 heteroatoms. The van der Waals surface area contributed by atoms with Crippen LogP contribution in [0, 0.1) is 0 Å². The monoisotopic (exact) mass is 347 g/mol. The molecule has 0 saturated heterocycles. The molecule has 1 aromatic carbocycles. The van der Waals surface area contributed by atoms with Crippen molar-refractivity contribution in [2.45, 2.75) is 6.92 Å². The van der Waals surface area contributed by atoms with Gasteiger partial charge < -0.3 is 24.2 Å². The van der Waals surface area contributed by atoms with E-state index in [1.807, 2.05) is 0 Å². The lowest BCUT2D eigenvalue weighted by Gasteiger charge is -2.13. The number of ether oxygens (including phenoxy) is 4. The van der Waals surface area contributed by atoms with Gasteiger partial charge in [-0.25, -0.2) is 4.79 Å². The van der Waals surface area contributed by atoms with E-state index in [0.717, 1.165) is 0 Å². The summed E-state index contributed by atoms with van der Waals surface area (Å²) in [5, 5.41) is 12.1. The van der Waals surface area contributed by atoms with Crippen LogP contribution >= 0.6 is 0 Å². The lowest BCUT2D eigenvalue weighted by atomic mass is 10.0. The molecule has 0 amide bonds. The molecule has 1 N–H and O–H groups in total. The van der Waals surface area contributed by atoms with Crippen molar-refractivity contribution in [3.63, 3.8) is 0 Å². The largest absolute Gasteiger partial charge is 0.481 e. The molecule has 9 nitrogen and oxygen atoms in total. The Morgan fingerprint density at radius 2 is 1.76 bits per heavy atom. The molecule has 0 fully saturated rings. The van der Waals surface area contributed by atoms with Crippen LogP contribution in [0.3, 0.4) is 0 Å². The zero-order valence-corrected chi connectivity index (χ0v) is 14.1. The van der Waals surface area contributed by atoms with E-state index in [-0.39, 0.29) is 34.8 Å². The van der Waals surface area contributed by atoms with E-state index in [4.69, 9.17) is 24.2 Å². The summed E-state index contributed by atoms with van der Waals surface area (Å²) in [4.78, 5) is 20.3. The topological polar surface area (TPSA) is 112 Å². The Hall–Kier alpha value is -3.36. The first-order valence-corrected chi connectivity index (χ1v) is 7.09. The molecule has 0 atom stereocenters. The minimum atomic E-state index is -0.663. The van der Waals surface area contributed by atoms with Crippen molar-refractivity contribution in [1.82, 2.24) is 9.97 Å². The Morgan fingerprint density at radius 3 is 2.28 bits per heavy atom. The molecule has 0 spiro atoms. The van der Waals surface area contributed by atoms with Crippen molar-refractivity contribution in [3.05, 3.63) is 35.4 Å². The second-order valence-corrected chi connectivity index (χ2v) is 4.69. The van der Waals surface area contributed by atoms with E-state index in [2.05, 4.69) is 15.1 Å². The fourth-order valence-electron chi connectivity index (χ4n) is 2.02. The number of carbonyl (C=O) groups excluding carboxylic acids is 1. The van der Waals surface area contributed by atoms with Gasteiger partial charge >= 0.3 is 12.0 Å². The number of aromatic nitrogens is 2. The molecule has 25 heavy (non-hydrogen) atoms. The van der Waals surface area contributed by atoms with Gasteiger partial charge in [0.25, 0.3) is 0 Å². The normalized spacial score (nSPS) is 11.0. The summed E-state index contributed by atoms with van der Waals surface area (Å²) in [6.45, 7) is 1.54. The Bertz CT molecular complexity index is 784. The molecule has 0 aliphatic carbocycles. The zero-order chi connectivity index (χ0) is 18.4. The highest BCUT2D eigenvalue weighted by atomic mass is 16.5. The first kappa shape index (κ1) is 18.0. The first-order chi connectivity index (χ1) is 12.0. The zero-order valence-electron chi connectivity index (χ0n) is 14.1. The highest BCUT2D eigenvalue weighted by Gasteiger charge is 2.21. The standard InChI is InChI=1S/C16H17N3O6/c1-9(19-21)10-6-5-7-11(14(10)15(20)24-4)25-16-17-12(22-2)8-13(18-16)23-3/h5-8,21H,1-4H3. The van der Waals surface area contributed by atoms with Gasteiger partial charge in [-0.2, -0.15) is 9.97 Å². The second-order valence-electron chi connectivity index (χ2n) is 4.69. The maximum absolute atomic E-state index is 12.2. The second kappa shape index (κ2) is 7.95. The molecule has 0 aliphatic heterocycles. The van der Waals surface area contributed by atoms with E-state index in [0.29, 0.717) is 5.56 Å². The van der Waals surface area contributed by atoms with E-state index < -0.39 is 5.97 Å². The van der Waals surface area contributed by atoms with Crippen LogP contribution in [0.4, 0.5) is 0 Å². The Morgan fingerprint density at radius 1 is 1.12 bits per heavy atom. The number of rotatable bonds is 6. The minimum absolute atomic E-state index is 0.0747. The Kier molecular flexibility index (Phi) is 5.72. The van der Waals surface area contributed by atoms with Crippen molar-refractivity contribution in [2.75, 3.05) is 21.3 Å². The van der Waals surface area contributed by atoms with Crippen LogP contribution in [-0.4, -0.2) is 48.2 Å². The molecular formula is C16H17N3O6.